The topological polar surface area (TPSA) is 40.2 Å². The van der Waals surface area contributed by atoms with Crippen molar-refractivity contribution in [2.24, 2.45) is 0 Å². The van der Waals surface area contributed by atoms with Crippen LogP contribution in [0.15, 0.2) is 0 Å². The van der Waals surface area contributed by atoms with E-state index in [-0.39, 0.29) is 0 Å². The maximum atomic E-state index is 5.91. The summed E-state index contributed by atoms with van der Waals surface area (Å²) in [7, 11) is -2.01. The zero-order valence-corrected chi connectivity index (χ0v) is 12.4. The fourth-order valence-corrected chi connectivity index (χ4v) is 3.62. The van der Waals surface area contributed by atoms with Crippen molar-refractivity contribution in [3.8, 4) is 0 Å². The van der Waals surface area contributed by atoms with Crippen LogP contribution < -0.4 is 0 Å². The van der Waals surface area contributed by atoms with Crippen LogP contribution in [0.1, 0.15) is 26.7 Å². The standard InChI is InChI=1S/C12H26O4Si/c1-4-6-15-17(3,16-7-5-2)9-8-13-10-12-11-14-12/h12H,4-11H2,1-3H3. The monoisotopic (exact) mass is 262 g/mol. The molecule has 1 fully saturated rings. The largest absolute Gasteiger partial charge is 0.394 e. The third kappa shape index (κ3) is 7.16. The highest BCUT2D eigenvalue weighted by Crippen LogP contribution is 2.16. The van der Waals surface area contributed by atoms with Crippen molar-refractivity contribution in [3.63, 3.8) is 0 Å². The van der Waals surface area contributed by atoms with Gasteiger partial charge in [0.2, 0.25) is 0 Å². The van der Waals surface area contributed by atoms with Crippen LogP contribution in [-0.4, -0.2) is 47.7 Å². The molecule has 1 atom stereocenters. The molecule has 0 spiro atoms. The highest BCUT2D eigenvalue weighted by Gasteiger charge is 2.31. The quantitative estimate of drug-likeness (QED) is 0.325. The van der Waals surface area contributed by atoms with Crippen LogP contribution in [0.5, 0.6) is 0 Å². The number of hydrogen-bond donors (Lipinski definition) is 0. The van der Waals surface area contributed by atoms with Gasteiger partial charge < -0.3 is 18.3 Å². The molecule has 4 nitrogen and oxygen atoms in total. The summed E-state index contributed by atoms with van der Waals surface area (Å²) in [5, 5.41) is 0. The molecule has 1 aliphatic heterocycles. The normalized spacial score (nSPS) is 19.6. The van der Waals surface area contributed by atoms with Gasteiger partial charge in [0.15, 0.2) is 0 Å². The SMILES string of the molecule is CCCO[Si](C)(CCOCC1CO1)OCCC. The maximum absolute atomic E-state index is 5.91. The van der Waals surface area contributed by atoms with Gasteiger partial charge in [0.1, 0.15) is 6.10 Å². The van der Waals surface area contributed by atoms with Crippen LogP contribution in [-0.2, 0) is 18.3 Å². The fourth-order valence-electron chi connectivity index (χ4n) is 1.46. The van der Waals surface area contributed by atoms with Gasteiger partial charge in [-0.1, -0.05) is 13.8 Å². The van der Waals surface area contributed by atoms with Crippen molar-refractivity contribution in [1.82, 2.24) is 0 Å². The van der Waals surface area contributed by atoms with E-state index in [0.29, 0.717) is 12.7 Å². The van der Waals surface area contributed by atoms with Gasteiger partial charge in [-0.2, -0.15) is 0 Å². The Hall–Kier alpha value is 0.0569. The van der Waals surface area contributed by atoms with Crippen molar-refractivity contribution >= 4 is 8.56 Å². The van der Waals surface area contributed by atoms with Gasteiger partial charge in [0.05, 0.1) is 13.2 Å². The Bertz CT molecular complexity index is 189. The lowest BCUT2D eigenvalue weighted by Crippen LogP contribution is -2.40. The fraction of sp³-hybridized carbons (Fsp3) is 1.00. The molecule has 102 valence electrons. The predicted octanol–water partition coefficient (Wildman–Crippen LogP) is 2.33. The lowest BCUT2D eigenvalue weighted by Gasteiger charge is -2.26. The van der Waals surface area contributed by atoms with E-state index in [2.05, 4.69) is 20.4 Å². The Kier molecular flexibility index (Phi) is 7.30. The van der Waals surface area contributed by atoms with Crippen molar-refractivity contribution < 1.29 is 18.3 Å². The first kappa shape index (κ1) is 15.1. The summed E-state index contributed by atoms with van der Waals surface area (Å²) in [6.45, 7) is 10.2. The van der Waals surface area contributed by atoms with Gasteiger partial charge in [-0.3, -0.25) is 0 Å². The Labute approximate surface area is 106 Å². The third-order valence-electron chi connectivity index (χ3n) is 2.63. The Morgan fingerprint density at radius 2 is 1.71 bits per heavy atom. The second-order valence-electron chi connectivity index (χ2n) is 4.61. The summed E-state index contributed by atoms with van der Waals surface area (Å²) in [5.41, 5.74) is 0. The Morgan fingerprint density at radius 1 is 1.12 bits per heavy atom. The number of rotatable bonds is 11. The molecule has 0 aromatic rings. The average Bonchev–Trinajstić information content (AvgIpc) is 3.14. The molecule has 1 heterocycles. The van der Waals surface area contributed by atoms with Gasteiger partial charge in [0.25, 0.3) is 0 Å². The minimum Gasteiger partial charge on any atom is -0.394 e. The molecule has 17 heavy (non-hydrogen) atoms. The van der Waals surface area contributed by atoms with E-state index in [1.807, 2.05) is 0 Å². The predicted molar refractivity (Wildman–Crippen MR) is 69.5 cm³/mol. The smallest absolute Gasteiger partial charge is 0.337 e. The molecule has 1 unspecified atom stereocenters. The number of ether oxygens (including phenoxy) is 2. The van der Waals surface area contributed by atoms with Crippen molar-refractivity contribution in [1.29, 1.82) is 0 Å². The summed E-state index contributed by atoms with van der Waals surface area (Å²) in [5.74, 6) is 0. The summed E-state index contributed by atoms with van der Waals surface area (Å²) < 4.78 is 22.5. The average molecular weight is 262 g/mol. The molecule has 0 radical (unpaired) electrons. The number of hydrogen-bond acceptors (Lipinski definition) is 4. The molecular weight excluding hydrogens is 236 g/mol. The van der Waals surface area contributed by atoms with E-state index in [4.69, 9.17) is 18.3 Å². The molecule has 0 aromatic carbocycles. The molecule has 0 aliphatic carbocycles. The summed E-state index contributed by atoms with van der Waals surface area (Å²) in [6.07, 6.45) is 2.42. The molecule has 1 saturated heterocycles. The van der Waals surface area contributed by atoms with Crippen LogP contribution in [0.25, 0.3) is 0 Å². The Morgan fingerprint density at radius 3 is 2.18 bits per heavy atom. The third-order valence-corrected chi connectivity index (χ3v) is 5.37. The van der Waals surface area contributed by atoms with Crippen LogP contribution in [0.2, 0.25) is 12.6 Å². The minimum atomic E-state index is -2.01. The first-order valence-corrected chi connectivity index (χ1v) is 9.20. The van der Waals surface area contributed by atoms with Crippen LogP contribution in [0.3, 0.4) is 0 Å². The molecule has 0 aromatic heterocycles. The number of epoxide rings is 1. The summed E-state index contributed by atoms with van der Waals surface area (Å²) >= 11 is 0. The lowest BCUT2D eigenvalue weighted by atomic mass is 10.5. The highest BCUT2D eigenvalue weighted by molar-refractivity contribution is 6.66. The lowest BCUT2D eigenvalue weighted by molar-refractivity contribution is 0.111. The van der Waals surface area contributed by atoms with E-state index >= 15 is 0 Å². The molecule has 5 heteroatoms. The van der Waals surface area contributed by atoms with Gasteiger partial charge >= 0.3 is 8.56 Å². The zero-order chi connectivity index (χ0) is 12.6. The summed E-state index contributed by atoms with van der Waals surface area (Å²) in [6, 6.07) is 0.903. The molecule has 1 aliphatic rings. The molecule has 1 rings (SSSR count). The van der Waals surface area contributed by atoms with Crippen LogP contribution >= 0.6 is 0 Å². The van der Waals surface area contributed by atoms with E-state index in [0.717, 1.165) is 45.3 Å². The molecule has 0 N–H and O–H groups in total. The second kappa shape index (κ2) is 8.21. The molecule has 0 bridgehead atoms. The van der Waals surface area contributed by atoms with Crippen molar-refractivity contribution in [2.75, 3.05) is 33.0 Å². The van der Waals surface area contributed by atoms with Gasteiger partial charge in [0, 0.05) is 25.9 Å². The van der Waals surface area contributed by atoms with E-state index in [1.54, 1.807) is 0 Å². The van der Waals surface area contributed by atoms with E-state index in [9.17, 15) is 0 Å². The second-order valence-corrected chi connectivity index (χ2v) is 7.96. The first-order valence-electron chi connectivity index (χ1n) is 6.67. The van der Waals surface area contributed by atoms with Crippen molar-refractivity contribution in [3.05, 3.63) is 0 Å². The van der Waals surface area contributed by atoms with Gasteiger partial charge in [-0.05, 0) is 19.4 Å². The maximum Gasteiger partial charge on any atom is 0.337 e. The van der Waals surface area contributed by atoms with E-state index < -0.39 is 8.56 Å². The Balaban J connectivity index is 2.16. The molecular formula is C12H26O4Si. The van der Waals surface area contributed by atoms with Crippen LogP contribution in [0.4, 0.5) is 0 Å². The zero-order valence-electron chi connectivity index (χ0n) is 11.4. The van der Waals surface area contributed by atoms with Crippen LogP contribution in [0, 0.1) is 0 Å². The van der Waals surface area contributed by atoms with Crippen molar-refractivity contribution in [2.45, 2.75) is 45.4 Å². The minimum absolute atomic E-state index is 0.344. The van der Waals surface area contributed by atoms with E-state index in [1.165, 1.54) is 0 Å². The molecule has 0 saturated carbocycles. The highest BCUT2D eigenvalue weighted by atomic mass is 28.4. The first-order chi connectivity index (χ1) is 8.20. The van der Waals surface area contributed by atoms with Gasteiger partial charge in [-0.15, -0.1) is 0 Å². The molecule has 0 amide bonds. The summed E-state index contributed by atoms with van der Waals surface area (Å²) in [4.78, 5) is 0. The van der Waals surface area contributed by atoms with Gasteiger partial charge in [-0.25, -0.2) is 0 Å².